The van der Waals surface area contributed by atoms with E-state index in [1.807, 2.05) is 25.3 Å². The molecule has 0 saturated carbocycles. The number of nitrogen functional groups attached to an aromatic ring is 1. The van der Waals surface area contributed by atoms with Crippen LogP contribution in [0.5, 0.6) is 0 Å². The number of hydrogen-bond donors (Lipinski definition) is 3. The number of nitrogens with two attached hydrogens (primary N) is 1. The lowest BCUT2D eigenvalue weighted by Crippen LogP contribution is -2.28. The van der Waals surface area contributed by atoms with Crippen LogP contribution >= 0.6 is 22.9 Å². The number of nitrogens with one attached hydrogen (secondary N) is 2. The number of H-pyrrole nitrogens is 1. The quantitative estimate of drug-likeness (QED) is 0.132. The second-order valence-corrected chi connectivity index (χ2v) is 10.9. The van der Waals surface area contributed by atoms with Crippen molar-refractivity contribution in [3.63, 3.8) is 0 Å². The number of rotatable bonds is 11. The van der Waals surface area contributed by atoms with Gasteiger partial charge < -0.3 is 16.0 Å². The molecule has 0 radical (unpaired) electrons. The summed E-state index contributed by atoms with van der Waals surface area (Å²) in [6, 6.07) is 14.2. The highest BCUT2D eigenvalue weighted by Gasteiger charge is 2.20. The highest BCUT2D eigenvalue weighted by Crippen LogP contribution is 2.27. The largest absolute Gasteiger partial charge is 0.389 e. The van der Waals surface area contributed by atoms with Crippen molar-refractivity contribution >= 4 is 50.3 Å². The lowest BCUT2D eigenvalue weighted by Gasteiger charge is -2.16. The minimum absolute atomic E-state index is 0.0369. The Morgan fingerprint density at radius 3 is 2.68 bits per heavy atom. The van der Waals surface area contributed by atoms with Gasteiger partial charge in [0.15, 0.2) is 5.78 Å². The molecule has 8 nitrogen and oxygen atoms in total. The highest BCUT2D eigenvalue weighted by atomic mass is 32.1. The molecule has 5 rings (SSSR count). The number of fused-ring (bicyclic) bond motifs is 1. The van der Waals surface area contributed by atoms with Crippen LogP contribution in [0.4, 0.5) is 5.00 Å². The molecule has 0 aliphatic rings. The van der Waals surface area contributed by atoms with E-state index in [0.29, 0.717) is 39.8 Å². The summed E-state index contributed by atoms with van der Waals surface area (Å²) >= 11 is 2.46. The predicted octanol–water partition coefficient (Wildman–Crippen LogP) is 6.34. The van der Waals surface area contributed by atoms with Crippen molar-refractivity contribution in [3.8, 4) is 11.3 Å². The molecule has 10 heteroatoms. The Kier molecular flexibility index (Phi) is 7.90. The number of amides is 1. The highest BCUT2D eigenvalue weighted by molar-refractivity contribution is 7.11. The third-order valence-electron chi connectivity index (χ3n) is 6.51. The number of Topliss-reactive ketones (excluding diaryl/α,β-unsaturated/α-hetero) is 1. The molecular formula is C28H28N6O2S2. The summed E-state index contributed by atoms with van der Waals surface area (Å²) in [5.41, 5.74) is 10.7. The van der Waals surface area contributed by atoms with Crippen molar-refractivity contribution in [3.05, 3.63) is 82.3 Å². The van der Waals surface area contributed by atoms with Crippen molar-refractivity contribution in [1.82, 2.24) is 24.6 Å². The number of anilines is 1. The lowest BCUT2D eigenvalue weighted by atomic mass is 10.0. The summed E-state index contributed by atoms with van der Waals surface area (Å²) in [6.45, 7) is 1.81. The molecule has 0 saturated heterocycles. The Bertz CT molecular complexity index is 1540. The van der Waals surface area contributed by atoms with Crippen LogP contribution in [0.25, 0.3) is 22.0 Å². The SMILES string of the molecule is Cc1nsc(N)c1C(=O)CCCCC[C@H](NC(=O)c1cncs1)c1ncc(-c2ccc3ccccc3c2)[nH]1. The van der Waals surface area contributed by atoms with Gasteiger partial charge in [0, 0.05) is 12.0 Å². The first-order valence-electron chi connectivity index (χ1n) is 12.5. The van der Waals surface area contributed by atoms with Gasteiger partial charge in [0.2, 0.25) is 0 Å². The molecule has 0 aliphatic heterocycles. The van der Waals surface area contributed by atoms with Crippen LogP contribution in [0.3, 0.4) is 0 Å². The fraction of sp³-hybridized carbons (Fsp3) is 0.250. The Morgan fingerprint density at radius 1 is 1.08 bits per heavy atom. The number of carbonyl (C=O) groups is 2. The number of unbranched alkanes of at least 4 members (excludes halogenated alkanes) is 2. The molecule has 2 aromatic carbocycles. The van der Waals surface area contributed by atoms with Gasteiger partial charge in [0.25, 0.3) is 5.91 Å². The van der Waals surface area contributed by atoms with Gasteiger partial charge in [-0.05, 0) is 48.1 Å². The average Bonchev–Trinajstić information content (AvgIpc) is 3.69. The summed E-state index contributed by atoms with van der Waals surface area (Å²) in [7, 11) is 0. The zero-order chi connectivity index (χ0) is 26.5. The van der Waals surface area contributed by atoms with Crippen LogP contribution in [0.1, 0.15) is 69.7 Å². The number of carbonyl (C=O) groups excluding carboxylic acids is 2. The molecule has 38 heavy (non-hydrogen) atoms. The van der Waals surface area contributed by atoms with E-state index >= 15 is 0 Å². The third-order valence-corrected chi connectivity index (χ3v) is 8.05. The Morgan fingerprint density at radius 2 is 1.92 bits per heavy atom. The molecule has 4 N–H and O–H groups in total. The second kappa shape index (κ2) is 11.7. The van der Waals surface area contributed by atoms with E-state index in [0.717, 1.165) is 47.4 Å². The van der Waals surface area contributed by atoms with E-state index in [4.69, 9.17) is 5.73 Å². The monoisotopic (exact) mass is 544 g/mol. The summed E-state index contributed by atoms with van der Waals surface area (Å²) in [5.74, 6) is 0.567. The third kappa shape index (κ3) is 5.81. The molecule has 0 spiro atoms. The van der Waals surface area contributed by atoms with E-state index in [1.165, 1.54) is 16.7 Å². The minimum Gasteiger partial charge on any atom is -0.389 e. The van der Waals surface area contributed by atoms with Crippen molar-refractivity contribution in [2.24, 2.45) is 0 Å². The summed E-state index contributed by atoms with van der Waals surface area (Å²) in [4.78, 5) is 38.0. The fourth-order valence-electron chi connectivity index (χ4n) is 4.51. The first-order valence-corrected chi connectivity index (χ1v) is 14.1. The summed E-state index contributed by atoms with van der Waals surface area (Å²) in [6.07, 6.45) is 6.89. The molecule has 0 bridgehead atoms. The molecule has 1 amide bonds. The van der Waals surface area contributed by atoms with E-state index < -0.39 is 0 Å². The topological polar surface area (TPSA) is 127 Å². The van der Waals surface area contributed by atoms with Crippen LogP contribution in [0, 0.1) is 6.92 Å². The van der Waals surface area contributed by atoms with Crippen LogP contribution in [0.15, 0.2) is 60.4 Å². The first-order chi connectivity index (χ1) is 18.5. The van der Waals surface area contributed by atoms with E-state index in [9.17, 15) is 9.59 Å². The molecule has 3 aromatic heterocycles. The van der Waals surface area contributed by atoms with Crippen molar-refractivity contribution in [2.45, 2.75) is 45.1 Å². The molecule has 0 aliphatic carbocycles. The van der Waals surface area contributed by atoms with E-state index in [1.54, 1.807) is 11.7 Å². The second-order valence-electron chi connectivity index (χ2n) is 9.17. The Labute approximate surface area is 228 Å². The minimum atomic E-state index is -0.298. The zero-order valence-corrected chi connectivity index (χ0v) is 22.6. The van der Waals surface area contributed by atoms with Crippen LogP contribution in [-0.2, 0) is 0 Å². The van der Waals surface area contributed by atoms with Crippen LogP contribution in [0.2, 0.25) is 0 Å². The molecule has 1 atom stereocenters. The predicted molar refractivity (Wildman–Crippen MR) is 153 cm³/mol. The van der Waals surface area contributed by atoms with Crippen molar-refractivity contribution in [2.75, 3.05) is 5.73 Å². The maximum atomic E-state index is 12.8. The standard InChI is InChI=1S/C28H28N6O2S2/c1-17-25(26(29)38-34-17)23(35)10-4-2-3-9-21(33-28(36)24-15-30-16-37-24)27-31-14-22(32-27)20-12-11-18-7-5-6-8-19(18)13-20/h5-8,11-16,21H,2-4,9-10,29H2,1H3,(H,31,32)(H,33,36)/t21-/m0/s1. The van der Waals surface area contributed by atoms with Gasteiger partial charge in [0.1, 0.15) is 15.7 Å². The molecular weight excluding hydrogens is 516 g/mol. The number of thiazole rings is 1. The number of nitrogens with zero attached hydrogens (tertiary/aromatic N) is 3. The number of aryl methyl sites for hydroxylation is 1. The maximum absolute atomic E-state index is 12.8. The molecule has 0 fully saturated rings. The molecule has 194 valence electrons. The first kappa shape index (κ1) is 25.7. The van der Waals surface area contributed by atoms with Gasteiger partial charge in [-0.2, -0.15) is 4.37 Å². The van der Waals surface area contributed by atoms with Crippen molar-refractivity contribution in [1.29, 1.82) is 0 Å². The number of ketones is 1. The van der Waals surface area contributed by atoms with E-state index in [-0.39, 0.29) is 17.7 Å². The molecule has 0 unspecified atom stereocenters. The van der Waals surface area contributed by atoms with Gasteiger partial charge in [-0.15, -0.1) is 11.3 Å². The Hall–Kier alpha value is -3.89. The molecule has 5 aromatic rings. The number of hydrogen-bond acceptors (Lipinski definition) is 8. The average molecular weight is 545 g/mol. The van der Waals surface area contributed by atoms with Gasteiger partial charge in [-0.1, -0.05) is 49.2 Å². The number of imidazole rings is 1. The Balaban J connectivity index is 1.25. The summed E-state index contributed by atoms with van der Waals surface area (Å²) in [5, 5.41) is 5.93. The fourth-order valence-corrected chi connectivity index (χ4v) is 5.72. The van der Waals surface area contributed by atoms with Gasteiger partial charge >= 0.3 is 0 Å². The van der Waals surface area contributed by atoms with Crippen LogP contribution < -0.4 is 11.1 Å². The van der Waals surface area contributed by atoms with Gasteiger partial charge in [0.05, 0.1) is 40.9 Å². The smallest absolute Gasteiger partial charge is 0.263 e. The lowest BCUT2D eigenvalue weighted by molar-refractivity contribution is 0.0935. The van der Waals surface area contributed by atoms with Gasteiger partial charge in [-0.25, -0.2) is 4.98 Å². The number of aromatic amines is 1. The number of benzene rings is 2. The molecule has 3 heterocycles. The van der Waals surface area contributed by atoms with Gasteiger partial charge in [-0.3, -0.25) is 14.6 Å². The van der Waals surface area contributed by atoms with E-state index in [2.05, 4.69) is 55.0 Å². The maximum Gasteiger partial charge on any atom is 0.263 e. The zero-order valence-electron chi connectivity index (χ0n) is 20.9. The summed E-state index contributed by atoms with van der Waals surface area (Å²) < 4.78 is 4.17. The normalized spacial score (nSPS) is 12.0. The number of aromatic nitrogens is 4. The van der Waals surface area contributed by atoms with Crippen LogP contribution in [-0.4, -0.2) is 31.0 Å². The van der Waals surface area contributed by atoms with Crippen molar-refractivity contribution < 1.29 is 9.59 Å².